The molecule has 300 valence electrons. The Hall–Kier alpha value is -7.51. The number of hydrogen-bond donors (Lipinski definition) is 0. The summed E-state index contributed by atoms with van der Waals surface area (Å²) in [5.41, 5.74) is 7.68. The fraction of sp³-hybridized carbons (Fsp3) is 0.0851. The van der Waals surface area contributed by atoms with E-state index in [9.17, 15) is 19.6 Å². The maximum absolute atomic E-state index is 14.0. The molecule has 0 N–H and O–H groups in total. The number of hydrogen-bond acceptors (Lipinski definition) is 14. The van der Waals surface area contributed by atoms with Gasteiger partial charge < -0.3 is 9.64 Å². The zero-order valence-electron chi connectivity index (χ0n) is 33.1. The smallest absolute Gasteiger partial charge is 0.424 e. The number of rotatable bonds is 7. The molecule has 0 aliphatic carbocycles. The highest BCUT2D eigenvalue weighted by Gasteiger charge is 2.42. The number of benzene rings is 6. The second kappa shape index (κ2) is 15.5. The van der Waals surface area contributed by atoms with Gasteiger partial charge in [0.25, 0.3) is 11.8 Å². The summed E-state index contributed by atoms with van der Waals surface area (Å²) >= 11 is 3.73. The molecule has 10 rings (SSSR count). The molecule has 0 fully saturated rings. The van der Waals surface area contributed by atoms with Crippen molar-refractivity contribution in [3.05, 3.63) is 143 Å². The Morgan fingerprint density at radius 1 is 0.710 bits per heavy atom. The predicted molar refractivity (Wildman–Crippen MR) is 245 cm³/mol. The molecule has 0 saturated heterocycles. The Balaban J connectivity index is 1.12. The van der Waals surface area contributed by atoms with Gasteiger partial charge in [0.1, 0.15) is 51.0 Å². The number of carbonyl (C=O) groups is 3. The fourth-order valence-corrected chi connectivity index (χ4v) is 10.1. The van der Waals surface area contributed by atoms with Crippen LogP contribution in [-0.2, 0) is 20.9 Å². The summed E-state index contributed by atoms with van der Waals surface area (Å²) in [6, 6.07) is 39.9. The standard InChI is InChI=1S/C47H30N8O4S3/c1-25-13-17-29(18-14-25)54(30-19-15-26(2)16-20-30)46-32-12-8-7-11-31(32)43(60-46)35-21-33-34(39-41(35)52-61-50-39)22-37(42-40(33)51-62-53-42)49-38-27(3)36(23-48)44(56)55(45(38)57)47(58)59-24-28-9-5-4-6-10-28/h4-22H,24H2,1-3H3/b49-38-. The average molecular weight is 867 g/mol. The van der Waals surface area contributed by atoms with E-state index in [0.29, 0.717) is 37.9 Å². The van der Waals surface area contributed by atoms with E-state index in [1.165, 1.54) is 18.1 Å². The zero-order valence-corrected chi connectivity index (χ0v) is 35.6. The van der Waals surface area contributed by atoms with Gasteiger partial charge in [0.2, 0.25) is 0 Å². The second-order valence-corrected chi connectivity index (χ2v) is 16.7. The van der Waals surface area contributed by atoms with Crippen molar-refractivity contribution in [2.45, 2.75) is 27.4 Å². The topological polar surface area (TPSA) is 155 Å². The molecule has 9 aromatic rings. The summed E-state index contributed by atoms with van der Waals surface area (Å²) in [4.78, 5) is 49.0. The first kappa shape index (κ1) is 38.7. The number of nitriles is 1. The highest BCUT2D eigenvalue weighted by atomic mass is 32.1. The fourth-order valence-electron chi connectivity index (χ4n) is 7.59. The highest BCUT2D eigenvalue weighted by Crippen LogP contribution is 2.51. The molecule has 3 aromatic heterocycles. The van der Waals surface area contributed by atoms with Gasteiger partial charge in [-0.05, 0) is 62.7 Å². The number of aromatic nitrogens is 4. The Morgan fingerprint density at radius 3 is 1.95 bits per heavy atom. The molecule has 0 saturated carbocycles. The first-order valence-corrected chi connectivity index (χ1v) is 21.6. The van der Waals surface area contributed by atoms with Crippen LogP contribution in [0.3, 0.4) is 0 Å². The zero-order chi connectivity index (χ0) is 42.6. The van der Waals surface area contributed by atoms with E-state index in [1.807, 2.05) is 18.2 Å². The van der Waals surface area contributed by atoms with Gasteiger partial charge in [-0.1, -0.05) is 90.0 Å². The van der Waals surface area contributed by atoms with Crippen molar-refractivity contribution in [3.8, 4) is 16.5 Å². The van der Waals surface area contributed by atoms with Crippen LogP contribution in [0.1, 0.15) is 23.6 Å². The Labute approximate surface area is 365 Å². The third kappa shape index (κ3) is 6.48. The van der Waals surface area contributed by atoms with Gasteiger partial charge in [-0.2, -0.15) is 27.7 Å². The van der Waals surface area contributed by atoms with Gasteiger partial charge in [0, 0.05) is 48.9 Å². The Morgan fingerprint density at radius 2 is 1.29 bits per heavy atom. The Bertz CT molecular complexity index is 3370. The van der Waals surface area contributed by atoms with E-state index in [4.69, 9.17) is 22.8 Å². The van der Waals surface area contributed by atoms with Crippen molar-refractivity contribution >= 4 is 124 Å². The molecule has 12 nitrogen and oxygen atoms in total. The van der Waals surface area contributed by atoms with Crippen LogP contribution in [0.2, 0.25) is 0 Å². The van der Waals surface area contributed by atoms with E-state index in [-0.39, 0.29) is 23.6 Å². The lowest BCUT2D eigenvalue weighted by Gasteiger charge is -2.24. The number of nitrogens with zero attached hydrogens (tertiary/aromatic N) is 8. The van der Waals surface area contributed by atoms with Crippen LogP contribution in [0, 0.1) is 25.2 Å². The van der Waals surface area contributed by atoms with Crippen LogP contribution < -0.4 is 4.90 Å². The molecular weight excluding hydrogens is 837 g/mol. The number of fused-ring (bicyclic) bond motifs is 6. The molecular formula is C47H30N8O4S3. The number of aliphatic imine (C=N–C) groups is 1. The SMILES string of the molecule is CC1=C(C#N)C(=O)N(C(=O)OCc2ccccc2)C(=O)/C1=N\c1cc2c(cc(-c3sc(N(c4ccc(C)cc4)c4ccc(C)cc4)c4ccccc34)c3nsnc32)c2nsnc12. The largest absolute Gasteiger partial charge is 0.444 e. The van der Waals surface area contributed by atoms with Gasteiger partial charge >= 0.3 is 6.09 Å². The molecule has 0 bridgehead atoms. The number of thiophene rings is 1. The van der Waals surface area contributed by atoms with Crippen molar-refractivity contribution < 1.29 is 19.1 Å². The van der Waals surface area contributed by atoms with Crippen LogP contribution in [0.25, 0.3) is 54.1 Å². The summed E-state index contributed by atoms with van der Waals surface area (Å²) in [5.74, 6) is -2.11. The van der Waals surface area contributed by atoms with Gasteiger partial charge in [0.15, 0.2) is 0 Å². The average Bonchev–Trinajstić information content (AvgIpc) is 4.07. The van der Waals surface area contributed by atoms with E-state index >= 15 is 0 Å². The molecule has 6 aromatic carbocycles. The quantitative estimate of drug-likeness (QED) is 0.141. The lowest BCUT2D eigenvalue weighted by molar-refractivity contribution is -0.136. The maximum atomic E-state index is 14.0. The number of carbonyl (C=O) groups excluding carboxylic acids is 3. The van der Waals surface area contributed by atoms with Crippen LogP contribution >= 0.6 is 34.8 Å². The molecule has 4 heterocycles. The van der Waals surface area contributed by atoms with Crippen LogP contribution in [0.4, 0.5) is 26.9 Å². The minimum Gasteiger partial charge on any atom is -0.444 e. The van der Waals surface area contributed by atoms with Gasteiger partial charge in [-0.15, -0.1) is 11.3 Å². The summed E-state index contributed by atoms with van der Waals surface area (Å²) in [5, 5.41) is 14.6. The summed E-state index contributed by atoms with van der Waals surface area (Å²) in [7, 11) is 0. The molecule has 1 aliphatic rings. The number of imide groups is 3. The van der Waals surface area contributed by atoms with Gasteiger partial charge in [-0.3, -0.25) is 9.59 Å². The molecule has 15 heteroatoms. The van der Waals surface area contributed by atoms with E-state index < -0.39 is 23.5 Å². The van der Waals surface area contributed by atoms with Crippen molar-refractivity contribution in [2.24, 2.45) is 4.99 Å². The first-order chi connectivity index (χ1) is 30.2. The van der Waals surface area contributed by atoms with Crippen LogP contribution in [0.15, 0.2) is 131 Å². The molecule has 62 heavy (non-hydrogen) atoms. The number of ether oxygens (including phenoxy) is 1. The predicted octanol–water partition coefficient (Wildman–Crippen LogP) is 11.4. The third-order valence-corrected chi connectivity index (χ3v) is 13.1. The van der Waals surface area contributed by atoms with Gasteiger partial charge in [0.05, 0.1) is 29.1 Å². The summed E-state index contributed by atoms with van der Waals surface area (Å²) in [6.07, 6.45) is -1.22. The molecule has 1 aliphatic heterocycles. The van der Waals surface area contributed by atoms with Crippen molar-refractivity contribution in [2.75, 3.05) is 4.90 Å². The van der Waals surface area contributed by atoms with Crippen molar-refractivity contribution in [3.63, 3.8) is 0 Å². The molecule has 0 unspecified atom stereocenters. The summed E-state index contributed by atoms with van der Waals surface area (Å²) < 4.78 is 24.3. The third-order valence-electron chi connectivity index (χ3n) is 10.8. The molecule has 0 spiro atoms. The van der Waals surface area contributed by atoms with Gasteiger partial charge in [-0.25, -0.2) is 9.79 Å². The number of amides is 3. The van der Waals surface area contributed by atoms with E-state index in [1.54, 1.807) is 41.7 Å². The van der Waals surface area contributed by atoms with E-state index in [2.05, 4.69) is 95.9 Å². The summed E-state index contributed by atoms with van der Waals surface area (Å²) in [6.45, 7) is 5.42. The lowest BCUT2D eigenvalue weighted by Crippen LogP contribution is -2.50. The molecule has 3 amide bonds. The number of aryl methyl sites for hydroxylation is 2. The lowest BCUT2D eigenvalue weighted by atomic mass is 9.98. The second-order valence-electron chi connectivity index (χ2n) is 14.7. The highest BCUT2D eigenvalue weighted by molar-refractivity contribution is 7.22. The molecule has 0 radical (unpaired) electrons. The van der Waals surface area contributed by atoms with E-state index in [0.717, 1.165) is 66.4 Å². The monoisotopic (exact) mass is 866 g/mol. The normalized spacial score (nSPS) is 13.8. The first-order valence-electron chi connectivity index (χ1n) is 19.3. The molecule has 0 atom stereocenters. The van der Waals surface area contributed by atoms with Crippen LogP contribution in [0.5, 0.6) is 0 Å². The van der Waals surface area contributed by atoms with Crippen LogP contribution in [-0.4, -0.2) is 46.0 Å². The van der Waals surface area contributed by atoms with Crippen molar-refractivity contribution in [1.82, 2.24) is 22.4 Å². The minimum atomic E-state index is -1.22. The maximum Gasteiger partial charge on any atom is 0.424 e. The Kier molecular flexibility index (Phi) is 9.67. The number of anilines is 3. The van der Waals surface area contributed by atoms with Crippen molar-refractivity contribution in [1.29, 1.82) is 5.26 Å². The minimum absolute atomic E-state index is 0.0209.